The molecule has 0 spiro atoms. The number of hydrogen-bond acceptors (Lipinski definition) is 12. The molecule has 0 aliphatic rings. The van der Waals surface area contributed by atoms with Gasteiger partial charge in [-0.3, -0.25) is 13.7 Å². The highest BCUT2D eigenvalue weighted by molar-refractivity contribution is 7.18. The number of benzene rings is 15. The molecule has 0 amide bonds. The standard InChI is InChI=1S/3C37H23N5S/c1-3-11-24(12-4-1)36-38-21-25(22-39-36)37-40-23-33(43-37)42-32-18-10-8-16-28(32)30-20-19-29-27-15-7-9-17-31(27)41(34(29)35(30)42)26-13-5-2-6-14-26;1-2-12-26(13-3-1)41-29-16-6-4-14-27(29)34-31(41)18-19-32-35(34)28-15-5-7-17-30(28)42(32)33-23-40-37(43-33)25-11-8-10-24(22-25)36-38-20-9-21-39-36;1-2-9-26(10-3-1)41-31-13-6-4-11-27(31)29-21-30-28-12-5-7-14-32(28)42(34(30)22-33(29)41)35-23-40-37(43-35)25-17-15-24(16-18-25)36-38-19-8-20-39-36/h3*1-23H. The van der Waals surface area contributed by atoms with Crippen molar-refractivity contribution in [2.45, 2.75) is 0 Å². The van der Waals surface area contributed by atoms with Gasteiger partial charge in [0.05, 0.1) is 84.8 Å². The lowest BCUT2D eigenvalue weighted by Gasteiger charge is -2.11. The molecule has 0 saturated heterocycles. The van der Waals surface area contributed by atoms with Crippen LogP contribution in [0.1, 0.15) is 0 Å². The molecule has 12 heterocycles. The lowest BCUT2D eigenvalue weighted by molar-refractivity contribution is 1.16. The molecule has 0 N–H and O–H groups in total. The van der Waals surface area contributed by atoms with Gasteiger partial charge < -0.3 is 13.7 Å². The topological polar surface area (TPSA) is 146 Å². The van der Waals surface area contributed by atoms with Crippen molar-refractivity contribution in [2.75, 3.05) is 0 Å². The maximum Gasteiger partial charge on any atom is 0.159 e. The summed E-state index contributed by atoms with van der Waals surface area (Å²) in [6.07, 6.45) is 16.8. The average Bonchev–Trinajstić information content (AvgIpc) is 1.55. The first kappa shape index (κ1) is 74.8. The fourth-order valence-electron chi connectivity index (χ4n) is 18.8. The first-order chi connectivity index (χ1) is 64.0. The van der Waals surface area contributed by atoms with Crippen LogP contribution >= 0.6 is 34.0 Å². The minimum Gasteiger partial charge on any atom is -0.309 e. The van der Waals surface area contributed by atoms with Crippen molar-refractivity contribution in [1.82, 2.24) is 72.3 Å². The normalized spacial score (nSPS) is 11.7. The van der Waals surface area contributed by atoms with E-state index in [1.165, 1.54) is 125 Å². The summed E-state index contributed by atoms with van der Waals surface area (Å²) in [4.78, 5) is 41.6. The number of hydrogen-bond donors (Lipinski definition) is 0. The largest absolute Gasteiger partial charge is 0.309 e. The quantitative estimate of drug-likeness (QED) is 0.117. The van der Waals surface area contributed by atoms with Crippen molar-refractivity contribution in [1.29, 1.82) is 0 Å². The van der Waals surface area contributed by atoms with Crippen LogP contribution in [-0.4, -0.2) is 72.3 Å². The second-order valence-electron chi connectivity index (χ2n) is 31.7. The van der Waals surface area contributed by atoms with Gasteiger partial charge in [-0.25, -0.2) is 44.9 Å². The molecule has 0 aliphatic heterocycles. The number of para-hydroxylation sites is 9. The third kappa shape index (κ3) is 12.6. The van der Waals surface area contributed by atoms with Crippen molar-refractivity contribution < 1.29 is 0 Å². The van der Waals surface area contributed by atoms with Gasteiger partial charge in [-0.2, -0.15) is 0 Å². The Hall–Kier alpha value is -16.8. The molecule has 606 valence electrons. The van der Waals surface area contributed by atoms with E-state index in [1.54, 1.807) is 58.8 Å². The Morgan fingerprint density at radius 3 is 1.03 bits per heavy atom. The molecule has 0 radical (unpaired) electrons. The summed E-state index contributed by atoms with van der Waals surface area (Å²) in [6.45, 7) is 0. The van der Waals surface area contributed by atoms with Gasteiger partial charge in [-0.1, -0.05) is 283 Å². The Kier molecular flexibility index (Phi) is 18.1. The molecule has 0 saturated carbocycles. The Morgan fingerprint density at radius 2 is 0.504 bits per heavy atom. The highest BCUT2D eigenvalue weighted by Crippen LogP contribution is 2.48. The fourth-order valence-corrected chi connectivity index (χ4v) is 21.6. The monoisotopic (exact) mass is 1710 g/mol. The Bertz CT molecular complexity index is 8980. The van der Waals surface area contributed by atoms with Crippen LogP contribution in [0.5, 0.6) is 0 Å². The Labute approximate surface area is 749 Å². The lowest BCUT2D eigenvalue weighted by atomic mass is 10.1. The smallest absolute Gasteiger partial charge is 0.159 e. The number of thiazole rings is 3. The zero-order valence-electron chi connectivity index (χ0n) is 68.8. The summed E-state index contributed by atoms with van der Waals surface area (Å²) in [6, 6.07) is 128. The summed E-state index contributed by atoms with van der Waals surface area (Å²) in [5, 5.41) is 20.9. The molecule has 27 rings (SSSR count). The van der Waals surface area contributed by atoms with Crippen molar-refractivity contribution in [3.05, 3.63) is 420 Å². The van der Waals surface area contributed by atoms with Gasteiger partial charge >= 0.3 is 0 Å². The van der Waals surface area contributed by atoms with Crippen LogP contribution in [0.3, 0.4) is 0 Å². The third-order valence-corrected chi connectivity index (χ3v) is 27.5. The van der Waals surface area contributed by atoms with Gasteiger partial charge in [0.1, 0.15) is 30.0 Å². The zero-order valence-corrected chi connectivity index (χ0v) is 71.2. The maximum atomic E-state index is 4.90. The molecule has 12 aromatic heterocycles. The first-order valence-corrected chi connectivity index (χ1v) is 45.0. The fraction of sp³-hybridized carbons (Fsp3) is 0. The van der Waals surface area contributed by atoms with Crippen LogP contribution in [-0.2, 0) is 0 Å². The van der Waals surface area contributed by atoms with E-state index in [4.69, 9.17) is 15.0 Å². The molecular weight excluding hydrogens is 1640 g/mol. The van der Waals surface area contributed by atoms with Crippen LogP contribution in [0.4, 0.5) is 0 Å². The molecule has 0 unspecified atom stereocenters. The summed E-state index contributed by atoms with van der Waals surface area (Å²) in [5.41, 5.74) is 23.6. The molecular formula is C111H69N15S3. The SMILES string of the molecule is c1ccc(-c2ncc(-c3ncc(-n4c5ccccc5c5ccc6c7ccccc7n(-c7ccccc7)c6c54)s3)cn2)cc1.c1ccc(-n2c3ccccc3c3c4c5ccccc5n(-c5cnc(-c6cccc(-c7ncccn7)c6)s5)c4ccc32)cc1.c1ccc(-n2c3ccccc3c3cc4c5ccccc5n(-c5cnc(-c6ccc(-c7ncccn7)cc6)s5)c4cc32)cc1. The third-order valence-electron chi connectivity index (χ3n) is 24.4. The van der Waals surface area contributed by atoms with E-state index in [0.29, 0.717) is 11.6 Å². The van der Waals surface area contributed by atoms with E-state index in [1.807, 2.05) is 85.6 Å². The zero-order chi connectivity index (χ0) is 85.0. The van der Waals surface area contributed by atoms with E-state index in [-0.39, 0.29) is 0 Å². The van der Waals surface area contributed by atoms with Crippen LogP contribution < -0.4 is 0 Å². The van der Waals surface area contributed by atoms with Gasteiger partial charge in [-0.15, -0.1) is 0 Å². The summed E-state index contributed by atoms with van der Waals surface area (Å²) < 4.78 is 14.3. The number of aromatic nitrogens is 15. The van der Waals surface area contributed by atoms with E-state index in [0.717, 1.165) is 91.8 Å². The van der Waals surface area contributed by atoms with E-state index < -0.39 is 0 Å². The van der Waals surface area contributed by atoms with Crippen LogP contribution in [0.2, 0.25) is 0 Å². The highest BCUT2D eigenvalue weighted by Gasteiger charge is 2.27. The molecule has 18 heteroatoms. The van der Waals surface area contributed by atoms with Gasteiger partial charge in [0.15, 0.2) is 17.5 Å². The van der Waals surface area contributed by atoms with Crippen molar-refractivity contribution in [3.8, 4) is 97.9 Å². The summed E-state index contributed by atoms with van der Waals surface area (Å²) in [7, 11) is 0. The summed E-state index contributed by atoms with van der Waals surface area (Å²) >= 11 is 5.05. The van der Waals surface area contributed by atoms with Crippen LogP contribution in [0, 0.1) is 0 Å². The van der Waals surface area contributed by atoms with Gasteiger partial charge in [0, 0.05) is 152 Å². The number of nitrogens with zero attached hydrogens (tertiary/aromatic N) is 15. The number of rotatable bonds is 12. The molecule has 15 nitrogen and oxygen atoms in total. The van der Waals surface area contributed by atoms with Gasteiger partial charge in [0.25, 0.3) is 0 Å². The maximum absolute atomic E-state index is 4.90. The molecule has 129 heavy (non-hydrogen) atoms. The molecule has 27 aromatic rings. The molecule has 0 fully saturated rings. The molecule has 15 aromatic carbocycles. The predicted molar refractivity (Wildman–Crippen MR) is 532 cm³/mol. The lowest BCUT2D eigenvalue weighted by Crippen LogP contribution is -1.97. The van der Waals surface area contributed by atoms with E-state index >= 15 is 0 Å². The van der Waals surface area contributed by atoms with E-state index in [9.17, 15) is 0 Å². The minimum absolute atomic E-state index is 0.708. The Balaban J connectivity index is 0.000000105. The molecule has 0 aliphatic carbocycles. The average molecular weight is 1710 g/mol. The number of fused-ring (bicyclic) bond motifs is 20. The van der Waals surface area contributed by atoms with Gasteiger partial charge in [-0.05, 0) is 115 Å². The minimum atomic E-state index is 0.708. The Morgan fingerprint density at radius 1 is 0.171 bits per heavy atom. The van der Waals surface area contributed by atoms with Crippen LogP contribution in [0.15, 0.2) is 420 Å². The van der Waals surface area contributed by atoms with Crippen molar-refractivity contribution >= 4 is 165 Å². The molecule has 0 atom stereocenters. The molecule has 0 bridgehead atoms. The van der Waals surface area contributed by atoms with E-state index in [2.05, 4.69) is 367 Å². The van der Waals surface area contributed by atoms with Crippen molar-refractivity contribution in [3.63, 3.8) is 0 Å². The second-order valence-corrected chi connectivity index (χ2v) is 34.7. The van der Waals surface area contributed by atoms with Crippen molar-refractivity contribution in [2.24, 2.45) is 0 Å². The summed E-state index contributed by atoms with van der Waals surface area (Å²) in [5.74, 6) is 2.14. The first-order valence-electron chi connectivity index (χ1n) is 42.6. The van der Waals surface area contributed by atoms with Gasteiger partial charge in [0.2, 0.25) is 0 Å². The second kappa shape index (κ2) is 31.2. The predicted octanol–water partition coefficient (Wildman–Crippen LogP) is 28.4. The van der Waals surface area contributed by atoms with Crippen LogP contribution in [0.25, 0.3) is 229 Å². The highest BCUT2D eigenvalue weighted by atomic mass is 32.1.